The summed E-state index contributed by atoms with van der Waals surface area (Å²) in [4.78, 5) is 12.3. The summed E-state index contributed by atoms with van der Waals surface area (Å²) in [5, 5.41) is 2.64. The number of amides is 1. The minimum absolute atomic E-state index is 0.0152. The summed E-state index contributed by atoms with van der Waals surface area (Å²) in [6, 6.07) is 14.6. The van der Waals surface area contributed by atoms with E-state index in [1.54, 1.807) is 18.2 Å². The molecule has 2 aromatic carbocycles. The summed E-state index contributed by atoms with van der Waals surface area (Å²) < 4.78 is 37.8. The summed E-state index contributed by atoms with van der Waals surface area (Å²) in [6.45, 7) is 0.544. The summed E-state index contributed by atoms with van der Waals surface area (Å²) >= 11 is 0. The lowest BCUT2D eigenvalue weighted by Gasteiger charge is -2.25. The van der Waals surface area contributed by atoms with Crippen LogP contribution in [0.25, 0.3) is 0 Å². The van der Waals surface area contributed by atoms with Crippen LogP contribution in [0.1, 0.15) is 5.56 Å². The van der Waals surface area contributed by atoms with Gasteiger partial charge in [0.2, 0.25) is 16.1 Å². The molecule has 0 radical (unpaired) electrons. The van der Waals surface area contributed by atoms with E-state index in [1.165, 1.54) is 4.31 Å². The monoisotopic (exact) mass is 388 g/mol. The normalized spacial score (nSPS) is 18.1. The SMILES string of the molecule is O=C(NCCS(=O)(=O)N1CCc2ccccc21)C1COc2ccccc2O1. The van der Waals surface area contributed by atoms with Gasteiger partial charge in [0.25, 0.3) is 5.91 Å². The number of ether oxygens (including phenoxy) is 2. The molecular weight excluding hydrogens is 368 g/mol. The van der Waals surface area contributed by atoms with Gasteiger partial charge in [0, 0.05) is 13.1 Å². The third-order valence-corrected chi connectivity index (χ3v) is 6.41. The molecular formula is C19H20N2O5S. The van der Waals surface area contributed by atoms with Crippen molar-refractivity contribution in [3.05, 3.63) is 54.1 Å². The number of benzene rings is 2. The highest BCUT2D eigenvalue weighted by molar-refractivity contribution is 7.92. The lowest BCUT2D eigenvalue weighted by Crippen LogP contribution is -2.46. The number of carbonyl (C=O) groups excluding carboxylic acids is 1. The highest BCUT2D eigenvalue weighted by atomic mass is 32.2. The maximum absolute atomic E-state index is 12.6. The number of sulfonamides is 1. The fourth-order valence-corrected chi connectivity index (χ4v) is 4.70. The zero-order chi connectivity index (χ0) is 18.9. The molecule has 2 aliphatic heterocycles. The number of anilines is 1. The van der Waals surface area contributed by atoms with Crippen LogP contribution in [0.15, 0.2) is 48.5 Å². The lowest BCUT2D eigenvalue weighted by molar-refractivity contribution is -0.130. The Morgan fingerprint density at radius 1 is 1.11 bits per heavy atom. The van der Waals surface area contributed by atoms with E-state index in [4.69, 9.17) is 9.47 Å². The minimum atomic E-state index is -3.50. The second-order valence-corrected chi connectivity index (χ2v) is 8.43. The van der Waals surface area contributed by atoms with E-state index in [0.29, 0.717) is 24.5 Å². The standard InChI is InChI=1S/C19H20N2O5S/c22-19(18-13-25-16-7-3-4-8-17(16)26-18)20-10-12-27(23,24)21-11-9-14-5-1-2-6-15(14)21/h1-8,18H,9-13H2,(H,20,22). The van der Waals surface area contributed by atoms with E-state index in [0.717, 1.165) is 11.3 Å². The van der Waals surface area contributed by atoms with Gasteiger partial charge in [-0.1, -0.05) is 30.3 Å². The first-order chi connectivity index (χ1) is 13.0. The molecule has 0 fully saturated rings. The van der Waals surface area contributed by atoms with Crippen LogP contribution < -0.4 is 19.1 Å². The zero-order valence-electron chi connectivity index (χ0n) is 14.6. The van der Waals surface area contributed by atoms with E-state index < -0.39 is 16.1 Å². The van der Waals surface area contributed by atoms with Crippen LogP contribution in [-0.4, -0.2) is 45.9 Å². The lowest BCUT2D eigenvalue weighted by atomic mass is 10.2. The molecule has 0 bridgehead atoms. The van der Waals surface area contributed by atoms with Crippen LogP contribution >= 0.6 is 0 Å². The highest BCUT2D eigenvalue weighted by Gasteiger charge is 2.30. The number of nitrogens with zero attached hydrogens (tertiary/aromatic N) is 1. The Labute approximate surface area is 157 Å². The molecule has 1 amide bonds. The second kappa shape index (κ2) is 7.11. The minimum Gasteiger partial charge on any atom is -0.485 e. The molecule has 8 heteroatoms. The van der Waals surface area contributed by atoms with Gasteiger partial charge in [0.15, 0.2) is 11.5 Å². The first-order valence-corrected chi connectivity index (χ1v) is 10.4. The average molecular weight is 388 g/mol. The van der Waals surface area contributed by atoms with E-state index in [2.05, 4.69) is 5.32 Å². The van der Waals surface area contributed by atoms with Crippen LogP contribution in [0.4, 0.5) is 5.69 Å². The van der Waals surface area contributed by atoms with Gasteiger partial charge in [-0.25, -0.2) is 8.42 Å². The predicted molar refractivity (Wildman–Crippen MR) is 101 cm³/mol. The summed E-state index contributed by atoms with van der Waals surface area (Å²) in [5.74, 6) is 0.542. The summed E-state index contributed by atoms with van der Waals surface area (Å²) in [6.07, 6.45) is -0.0934. The Kier molecular flexibility index (Phi) is 4.65. The Bertz CT molecular complexity index is 960. The number of fused-ring (bicyclic) bond motifs is 2. The smallest absolute Gasteiger partial charge is 0.264 e. The van der Waals surface area contributed by atoms with Crippen molar-refractivity contribution < 1.29 is 22.7 Å². The van der Waals surface area contributed by atoms with Crippen molar-refractivity contribution in [3.63, 3.8) is 0 Å². The molecule has 0 aliphatic carbocycles. The van der Waals surface area contributed by atoms with Gasteiger partial charge in [-0.2, -0.15) is 0 Å². The molecule has 0 saturated heterocycles. The number of hydrogen-bond acceptors (Lipinski definition) is 5. The van der Waals surface area contributed by atoms with Gasteiger partial charge >= 0.3 is 0 Å². The molecule has 2 aromatic rings. The van der Waals surface area contributed by atoms with Crippen LogP contribution in [0.3, 0.4) is 0 Å². The van der Waals surface area contributed by atoms with Crippen LogP contribution in [0, 0.1) is 0 Å². The van der Waals surface area contributed by atoms with Crippen LogP contribution in [0.5, 0.6) is 11.5 Å². The van der Waals surface area contributed by atoms with Gasteiger partial charge in [0.1, 0.15) is 6.61 Å². The summed E-state index contributed by atoms with van der Waals surface area (Å²) in [7, 11) is -3.50. The first-order valence-electron chi connectivity index (χ1n) is 8.79. The van der Waals surface area contributed by atoms with Crippen molar-refractivity contribution >= 4 is 21.6 Å². The molecule has 0 spiro atoms. The van der Waals surface area contributed by atoms with E-state index in [1.807, 2.05) is 30.3 Å². The van der Waals surface area contributed by atoms with E-state index >= 15 is 0 Å². The quantitative estimate of drug-likeness (QED) is 0.836. The molecule has 0 aromatic heterocycles. The van der Waals surface area contributed by atoms with Gasteiger partial charge in [-0.3, -0.25) is 9.10 Å². The Morgan fingerprint density at radius 2 is 1.85 bits per heavy atom. The largest absolute Gasteiger partial charge is 0.485 e. The molecule has 1 unspecified atom stereocenters. The maximum atomic E-state index is 12.6. The predicted octanol–water partition coefficient (Wildman–Crippen LogP) is 1.34. The molecule has 2 aliphatic rings. The van der Waals surface area contributed by atoms with Gasteiger partial charge in [0.05, 0.1) is 11.4 Å². The van der Waals surface area contributed by atoms with Crippen molar-refractivity contribution in [2.75, 3.05) is 29.8 Å². The van der Waals surface area contributed by atoms with Crippen molar-refractivity contribution in [1.29, 1.82) is 0 Å². The molecule has 27 heavy (non-hydrogen) atoms. The summed E-state index contributed by atoms with van der Waals surface area (Å²) in [5.41, 5.74) is 1.75. The molecule has 2 heterocycles. The van der Waals surface area contributed by atoms with Gasteiger partial charge in [-0.05, 0) is 30.2 Å². The van der Waals surface area contributed by atoms with Crippen molar-refractivity contribution in [3.8, 4) is 11.5 Å². The molecule has 1 atom stereocenters. The Balaban J connectivity index is 1.33. The van der Waals surface area contributed by atoms with E-state index in [9.17, 15) is 13.2 Å². The third-order valence-electron chi connectivity index (χ3n) is 4.64. The zero-order valence-corrected chi connectivity index (χ0v) is 15.4. The molecule has 142 valence electrons. The molecule has 0 saturated carbocycles. The maximum Gasteiger partial charge on any atom is 0.264 e. The fourth-order valence-electron chi connectivity index (χ4n) is 3.27. The fraction of sp³-hybridized carbons (Fsp3) is 0.316. The Hall–Kier alpha value is -2.74. The molecule has 7 nitrogen and oxygen atoms in total. The van der Waals surface area contributed by atoms with Crippen LogP contribution in [-0.2, 0) is 21.2 Å². The molecule has 1 N–H and O–H groups in total. The number of para-hydroxylation sites is 3. The van der Waals surface area contributed by atoms with Crippen molar-refractivity contribution in [2.24, 2.45) is 0 Å². The van der Waals surface area contributed by atoms with Crippen molar-refractivity contribution in [1.82, 2.24) is 5.32 Å². The third kappa shape index (κ3) is 3.57. The van der Waals surface area contributed by atoms with Gasteiger partial charge < -0.3 is 14.8 Å². The van der Waals surface area contributed by atoms with Crippen LogP contribution in [0.2, 0.25) is 0 Å². The average Bonchev–Trinajstić information content (AvgIpc) is 3.12. The highest BCUT2D eigenvalue weighted by Crippen LogP contribution is 2.31. The van der Waals surface area contributed by atoms with Crippen molar-refractivity contribution in [2.45, 2.75) is 12.5 Å². The molecule has 4 rings (SSSR count). The number of hydrogen-bond donors (Lipinski definition) is 1. The first kappa shape index (κ1) is 17.7. The Morgan fingerprint density at radius 3 is 2.70 bits per heavy atom. The second-order valence-electron chi connectivity index (χ2n) is 6.42. The van der Waals surface area contributed by atoms with Gasteiger partial charge in [-0.15, -0.1) is 0 Å². The number of rotatable bonds is 5. The number of nitrogens with one attached hydrogen (secondary N) is 1. The van der Waals surface area contributed by atoms with E-state index in [-0.39, 0.29) is 24.8 Å². The topological polar surface area (TPSA) is 84.9 Å². The number of carbonyl (C=O) groups is 1.